The Morgan fingerprint density at radius 2 is 1.52 bits per heavy atom. The van der Waals surface area contributed by atoms with Crippen LogP contribution < -0.4 is 0 Å². The molecular formula is C36H32N2O2. The van der Waals surface area contributed by atoms with E-state index >= 15 is 0 Å². The molecule has 1 atom stereocenters. The molecule has 6 rings (SSSR count). The zero-order valence-corrected chi connectivity index (χ0v) is 23.2. The van der Waals surface area contributed by atoms with E-state index in [0.29, 0.717) is 17.0 Å². The number of aromatic hydroxyl groups is 1. The first-order valence-corrected chi connectivity index (χ1v) is 13.6. The molecule has 4 nitrogen and oxygen atoms in total. The van der Waals surface area contributed by atoms with E-state index < -0.39 is 0 Å². The van der Waals surface area contributed by atoms with Crippen molar-refractivity contribution in [3.05, 3.63) is 126 Å². The van der Waals surface area contributed by atoms with Gasteiger partial charge in [0.2, 0.25) is 5.89 Å². The monoisotopic (exact) mass is 524 g/mol. The first kappa shape index (κ1) is 25.6. The summed E-state index contributed by atoms with van der Waals surface area (Å²) < 4.78 is 6.35. The molecule has 6 aromatic rings. The third-order valence-electron chi connectivity index (χ3n) is 7.54. The molecule has 4 heteroatoms. The van der Waals surface area contributed by atoms with Crippen LogP contribution in [0.3, 0.4) is 0 Å². The molecule has 4 aromatic carbocycles. The summed E-state index contributed by atoms with van der Waals surface area (Å²) in [5, 5.41) is 11.0. The average Bonchev–Trinajstić information content (AvgIpc) is 3.41. The number of benzene rings is 4. The summed E-state index contributed by atoms with van der Waals surface area (Å²) >= 11 is 0. The SMILES string of the molecule is CC(c1ccccc1)c1cccc(O)c1-c1nc2c(-c3cc(-c4ccccn4)cc(C(C)(C)C)c3)cccc2o1. The van der Waals surface area contributed by atoms with Crippen molar-refractivity contribution in [2.45, 2.75) is 39.0 Å². The summed E-state index contributed by atoms with van der Waals surface area (Å²) in [4.78, 5) is 9.62. The number of phenolic OH excluding ortho intramolecular Hbond substituents is 1. The van der Waals surface area contributed by atoms with Crippen LogP contribution in [0.25, 0.3) is 44.9 Å². The maximum atomic E-state index is 11.0. The van der Waals surface area contributed by atoms with Crippen LogP contribution in [0, 0.1) is 0 Å². The van der Waals surface area contributed by atoms with Gasteiger partial charge in [-0.2, -0.15) is 0 Å². The van der Waals surface area contributed by atoms with Gasteiger partial charge in [0.1, 0.15) is 11.3 Å². The highest BCUT2D eigenvalue weighted by Gasteiger charge is 2.23. The van der Waals surface area contributed by atoms with Crippen LogP contribution in [0.5, 0.6) is 5.75 Å². The van der Waals surface area contributed by atoms with Crippen molar-refractivity contribution >= 4 is 11.1 Å². The highest BCUT2D eigenvalue weighted by atomic mass is 16.3. The molecule has 198 valence electrons. The van der Waals surface area contributed by atoms with Gasteiger partial charge in [-0.15, -0.1) is 0 Å². The number of para-hydroxylation sites is 1. The second-order valence-corrected chi connectivity index (χ2v) is 11.3. The topological polar surface area (TPSA) is 59.2 Å². The first-order chi connectivity index (χ1) is 19.3. The molecule has 1 N–H and O–H groups in total. The second kappa shape index (κ2) is 10.1. The Bertz CT molecular complexity index is 1800. The molecule has 2 heterocycles. The number of hydrogen-bond acceptors (Lipinski definition) is 4. The molecule has 0 bridgehead atoms. The van der Waals surface area contributed by atoms with Gasteiger partial charge in [0.15, 0.2) is 5.58 Å². The number of hydrogen-bond donors (Lipinski definition) is 1. The standard InChI is InChI=1S/C36H32N2O2/c1-23(24-12-6-5-7-13-24)28-14-10-17-31(39)33(28)35-38-34-29(15-11-18-32(34)40-35)25-20-26(30-16-8-9-19-37-30)22-27(21-25)36(2,3)4/h5-23,39H,1-4H3. The predicted molar refractivity (Wildman–Crippen MR) is 162 cm³/mol. The van der Waals surface area contributed by atoms with Crippen molar-refractivity contribution < 1.29 is 9.52 Å². The van der Waals surface area contributed by atoms with Crippen molar-refractivity contribution in [3.63, 3.8) is 0 Å². The Kier molecular flexibility index (Phi) is 6.47. The van der Waals surface area contributed by atoms with E-state index in [2.05, 4.69) is 69.1 Å². The number of nitrogens with zero attached hydrogens (tertiary/aromatic N) is 2. The number of pyridine rings is 1. The van der Waals surface area contributed by atoms with Crippen LogP contribution in [0.4, 0.5) is 0 Å². The lowest BCUT2D eigenvalue weighted by Crippen LogP contribution is -2.11. The third-order valence-corrected chi connectivity index (χ3v) is 7.54. The largest absolute Gasteiger partial charge is 0.507 e. The summed E-state index contributed by atoms with van der Waals surface area (Å²) in [5.41, 5.74) is 9.36. The van der Waals surface area contributed by atoms with Crippen LogP contribution in [-0.4, -0.2) is 15.1 Å². The van der Waals surface area contributed by atoms with Crippen molar-refractivity contribution in [2.24, 2.45) is 0 Å². The number of rotatable bonds is 5. The van der Waals surface area contributed by atoms with Crippen molar-refractivity contribution in [1.82, 2.24) is 9.97 Å². The highest BCUT2D eigenvalue weighted by Crippen LogP contribution is 2.41. The Hall–Kier alpha value is -4.70. The zero-order valence-electron chi connectivity index (χ0n) is 23.2. The molecule has 40 heavy (non-hydrogen) atoms. The fourth-order valence-corrected chi connectivity index (χ4v) is 5.26. The zero-order chi connectivity index (χ0) is 27.9. The molecule has 0 spiro atoms. The number of oxazole rings is 1. The van der Waals surface area contributed by atoms with Gasteiger partial charge in [0.05, 0.1) is 11.3 Å². The van der Waals surface area contributed by atoms with E-state index in [4.69, 9.17) is 9.40 Å². The molecular weight excluding hydrogens is 492 g/mol. The molecule has 0 saturated heterocycles. The smallest absolute Gasteiger partial charge is 0.231 e. The lowest BCUT2D eigenvalue weighted by atomic mass is 9.83. The predicted octanol–water partition coefficient (Wildman–Crippen LogP) is 9.38. The summed E-state index contributed by atoms with van der Waals surface area (Å²) in [7, 11) is 0. The summed E-state index contributed by atoms with van der Waals surface area (Å²) in [6.45, 7) is 8.79. The molecule has 0 fully saturated rings. The lowest BCUT2D eigenvalue weighted by Gasteiger charge is -2.21. The quantitative estimate of drug-likeness (QED) is 0.244. The van der Waals surface area contributed by atoms with Gasteiger partial charge < -0.3 is 9.52 Å². The molecule has 0 aliphatic carbocycles. The maximum Gasteiger partial charge on any atom is 0.231 e. The molecule has 0 aliphatic heterocycles. The van der Waals surface area contributed by atoms with Gasteiger partial charge in [-0.25, -0.2) is 4.98 Å². The molecule has 0 radical (unpaired) electrons. The van der Waals surface area contributed by atoms with E-state index in [1.807, 2.05) is 66.9 Å². The molecule has 0 amide bonds. The molecule has 1 unspecified atom stereocenters. The number of phenols is 1. The minimum Gasteiger partial charge on any atom is -0.507 e. The van der Waals surface area contributed by atoms with Crippen LogP contribution in [0.2, 0.25) is 0 Å². The Morgan fingerprint density at radius 3 is 2.27 bits per heavy atom. The second-order valence-electron chi connectivity index (χ2n) is 11.3. The summed E-state index contributed by atoms with van der Waals surface area (Å²) in [5.74, 6) is 0.609. The summed E-state index contributed by atoms with van der Waals surface area (Å²) in [6, 6.07) is 34.5. The minimum absolute atomic E-state index is 0.0437. The van der Waals surface area contributed by atoms with E-state index in [-0.39, 0.29) is 17.1 Å². The van der Waals surface area contributed by atoms with Crippen LogP contribution in [-0.2, 0) is 5.41 Å². The molecule has 2 aromatic heterocycles. The average molecular weight is 525 g/mol. The van der Waals surface area contributed by atoms with Gasteiger partial charge in [-0.05, 0) is 64.1 Å². The number of fused-ring (bicyclic) bond motifs is 1. The van der Waals surface area contributed by atoms with E-state index in [9.17, 15) is 5.11 Å². The van der Waals surface area contributed by atoms with Gasteiger partial charge in [-0.1, -0.05) is 94.4 Å². The van der Waals surface area contributed by atoms with Gasteiger partial charge in [0.25, 0.3) is 0 Å². The van der Waals surface area contributed by atoms with Crippen LogP contribution in [0.15, 0.2) is 114 Å². The van der Waals surface area contributed by atoms with Crippen molar-refractivity contribution in [1.29, 1.82) is 0 Å². The Balaban J connectivity index is 1.52. The fourth-order valence-electron chi connectivity index (χ4n) is 5.26. The minimum atomic E-state index is -0.0548. The van der Waals surface area contributed by atoms with E-state index in [1.165, 1.54) is 5.56 Å². The first-order valence-electron chi connectivity index (χ1n) is 13.6. The highest BCUT2D eigenvalue weighted by molar-refractivity contribution is 5.93. The van der Waals surface area contributed by atoms with Crippen LogP contribution >= 0.6 is 0 Å². The Morgan fingerprint density at radius 1 is 0.775 bits per heavy atom. The summed E-state index contributed by atoms with van der Waals surface area (Å²) in [6.07, 6.45) is 1.82. The van der Waals surface area contributed by atoms with Gasteiger partial charge >= 0.3 is 0 Å². The molecule has 0 saturated carbocycles. The maximum absolute atomic E-state index is 11.0. The third kappa shape index (κ3) is 4.77. The van der Waals surface area contributed by atoms with Crippen molar-refractivity contribution in [2.75, 3.05) is 0 Å². The normalized spacial score (nSPS) is 12.5. The number of aromatic nitrogens is 2. The Labute approximate surface area is 235 Å². The van der Waals surface area contributed by atoms with Gasteiger partial charge in [0, 0.05) is 23.2 Å². The van der Waals surface area contributed by atoms with E-state index in [0.717, 1.165) is 39.0 Å². The van der Waals surface area contributed by atoms with Crippen LogP contribution in [0.1, 0.15) is 50.3 Å². The van der Waals surface area contributed by atoms with Gasteiger partial charge in [-0.3, -0.25) is 4.98 Å². The molecule has 0 aliphatic rings. The fraction of sp³-hybridized carbons (Fsp3) is 0.167. The van der Waals surface area contributed by atoms with E-state index in [1.54, 1.807) is 6.07 Å². The van der Waals surface area contributed by atoms with Crippen molar-refractivity contribution in [3.8, 4) is 39.6 Å². The lowest BCUT2D eigenvalue weighted by molar-refractivity contribution is 0.473.